The van der Waals surface area contributed by atoms with E-state index in [1.807, 2.05) is 43.3 Å². The SMILES string of the molecule is CCC(C)C(NC(=O)OCC1c2ccccc2-c2ccccc21)C(=O)N[C@@H](COC)C(=O)O. The molecule has 8 nitrogen and oxygen atoms in total. The lowest BCUT2D eigenvalue weighted by Crippen LogP contribution is -2.55. The maximum Gasteiger partial charge on any atom is 0.407 e. The third-order valence-electron chi connectivity index (χ3n) is 6.06. The van der Waals surface area contributed by atoms with Crippen LogP contribution in [0.4, 0.5) is 4.79 Å². The number of carbonyl (C=O) groups excluding carboxylic acids is 2. The number of fused-ring (bicyclic) bond motifs is 3. The molecular formula is C25H30N2O6. The molecule has 1 aliphatic rings. The first-order valence-electron chi connectivity index (χ1n) is 11.0. The van der Waals surface area contributed by atoms with Gasteiger partial charge in [0.25, 0.3) is 0 Å². The van der Waals surface area contributed by atoms with Gasteiger partial charge in [0, 0.05) is 13.0 Å². The molecule has 0 heterocycles. The maximum absolute atomic E-state index is 12.8. The van der Waals surface area contributed by atoms with Gasteiger partial charge in [-0.2, -0.15) is 0 Å². The Labute approximate surface area is 193 Å². The van der Waals surface area contributed by atoms with E-state index in [9.17, 15) is 19.5 Å². The molecule has 0 aromatic heterocycles. The summed E-state index contributed by atoms with van der Waals surface area (Å²) in [6.07, 6.45) is -0.125. The summed E-state index contributed by atoms with van der Waals surface area (Å²) in [7, 11) is 1.35. The van der Waals surface area contributed by atoms with Gasteiger partial charge < -0.3 is 25.2 Å². The minimum absolute atomic E-state index is 0.0999. The van der Waals surface area contributed by atoms with Crippen LogP contribution in [0.2, 0.25) is 0 Å². The second kappa shape index (κ2) is 11.0. The summed E-state index contributed by atoms with van der Waals surface area (Å²) in [4.78, 5) is 36.8. The Bertz CT molecular complexity index is 962. The molecule has 2 unspecified atom stereocenters. The van der Waals surface area contributed by atoms with Crippen molar-refractivity contribution in [3.05, 3.63) is 59.7 Å². The second-order valence-electron chi connectivity index (χ2n) is 8.19. The highest BCUT2D eigenvalue weighted by Gasteiger charge is 2.32. The van der Waals surface area contributed by atoms with Crippen LogP contribution in [0.5, 0.6) is 0 Å². The van der Waals surface area contributed by atoms with Crippen LogP contribution in [0.15, 0.2) is 48.5 Å². The van der Waals surface area contributed by atoms with Crippen LogP contribution >= 0.6 is 0 Å². The standard InChI is InChI=1S/C25H30N2O6/c1-4-15(2)22(23(28)26-21(14-32-3)24(29)30)27-25(31)33-13-20-18-11-7-5-9-16(18)17-10-6-8-12-19(17)20/h5-12,15,20-22H,4,13-14H2,1-3H3,(H,26,28)(H,27,31)(H,29,30)/t15?,21-,22?/m0/s1. The van der Waals surface area contributed by atoms with Crippen molar-refractivity contribution >= 4 is 18.0 Å². The summed E-state index contributed by atoms with van der Waals surface area (Å²) in [5, 5.41) is 14.3. The Morgan fingerprint density at radius 1 is 1.00 bits per heavy atom. The lowest BCUT2D eigenvalue weighted by molar-refractivity contribution is -0.143. The quantitative estimate of drug-likeness (QED) is 0.508. The molecule has 0 fully saturated rings. The summed E-state index contributed by atoms with van der Waals surface area (Å²) in [6.45, 7) is 3.63. The van der Waals surface area contributed by atoms with Gasteiger partial charge in [-0.25, -0.2) is 9.59 Å². The Morgan fingerprint density at radius 2 is 1.58 bits per heavy atom. The van der Waals surface area contributed by atoms with Crippen molar-refractivity contribution in [2.45, 2.75) is 38.3 Å². The van der Waals surface area contributed by atoms with E-state index in [0.717, 1.165) is 22.3 Å². The number of alkyl carbamates (subject to hydrolysis) is 1. The summed E-state index contributed by atoms with van der Waals surface area (Å²) in [5.74, 6) is -2.14. The molecule has 176 valence electrons. The fourth-order valence-electron chi connectivity index (χ4n) is 4.07. The zero-order valence-electron chi connectivity index (χ0n) is 19.0. The predicted molar refractivity (Wildman–Crippen MR) is 123 cm³/mol. The molecule has 2 aromatic carbocycles. The van der Waals surface area contributed by atoms with E-state index in [2.05, 4.69) is 22.8 Å². The molecule has 0 saturated heterocycles. The van der Waals surface area contributed by atoms with Gasteiger partial charge in [-0.1, -0.05) is 68.8 Å². The number of nitrogens with one attached hydrogen (secondary N) is 2. The summed E-state index contributed by atoms with van der Waals surface area (Å²) < 4.78 is 10.4. The first-order chi connectivity index (χ1) is 15.9. The number of rotatable bonds is 10. The van der Waals surface area contributed by atoms with Gasteiger partial charge in [0.15, 0.2) is 6.04 Å². The topological polar surface area (TPSA) is 114 Å². The molecule has 2 amide bonds. The van der Waals surface area contributed by atoms with Crippen molar-refractivity contribution in [1.29, 1.82) is 0 Å². The fourth-order valence-corrected chi connectivity index (χ4v) is 4.07. The summed E-state index contributed by atoms with van der Waals surface area (Å²) in [5.41, 5.74) is 4.42. The molecule has 0 radical (unpaired) electrons. The number of amides is 2. The first kappa shape index (κ1) is 24.3. The van der Waals surface area contributed by atoms with Crippen molar-refractivity contribution in [1.82, 2.24) is 10.6 Å². The maximum atomic E-state index is 12.8. The third-order valence-corrected chi connectivity index (χ3v) is 6.06. The molecule has 0 spiro atoms. The summed E-state index contributed by atoms with van der Waals surface area (Å²) in [6, 6.07) is 13.9. The zero-order valence-corrected chi connectivity index (χ0v) is 19.0. The van der Waals surface area contributed by atoms with Crippen molar-refractivity contribution in [3.8, 4) is 11.1 Å². The van der Waals surface area contributed by atoms with Gasteiger partial charge >= 0.3 is 12.1 Å². The molecule has 33 heavy (non-hydrogen) atoms. The van der Waals surface area contributed by atoms with E-state index in [0.29, 0.717) is 6.42 Å². The summed E-state index contributed by atoms with van der Waals surface area (Å²) >= 11 is 0. The molecule has 3 N–H and O–H groups in total. The number of hydrogen-bond donors (Lipinski definition) is 3. The predicted octanol–water partition coefficient (Wildman–Crippen LogP) is 3.16. The van der Waals surface area contributed by atoms with E-state index in [4.69, 9.17) is 9.47 Å². The molecule has 1 aliphatic carbocycles. The van der Waals surface area contributed by atoms with Gasteiger partial charge in [0.2, 0.25) is 5.91 Å². The number of benzene rings is 2. The highest BCUT2D eigenvalue weighted by atomic mass is 16.5. The van der Waals surface area contributed by atoms with Gasteiger partial charge in [-0.05, 0) is 28.2 Å². The molecular weight excluding hydrogens is 424 g/mol. The van der Waals surface area contributed by atoms with E-state index < -0.39 is 30.1 Å². The Hall–Kier alpha value is -3.39. The van der Waals surface area contributed by atoms with E-state index >= 15 is 0 Å². The molecule has 8 heteroatoms. The highest BCUT2D eigenvalue weighted by Crippen LogP contribution is 2.44. The van der Waals surface area contributed by atoms with Crippen LogP contribution < -0.4 is 10.6 Å². The monoisotopic (exact) mass is 454 g/mol. The number of carboxylic acid groups (broad SMARTS) is 1. The van der Waals surface area contributed by atoms with E-state index in [-0.39, 0.29) is 25.0 Å². The highest BCUT2D eigenvalue weighted by molar-refractivity contribution is 5.89. The first-order valence-corrected chi connectivity index (χ1v) is 11.0. The average Bonchev–Trinajstić information content (AvgIpc) is 3.14. The van der Waals surface area contributed by atoms with Crippen molar-refractivity contribution in [3.63, 3.8) is 0 Å². The third kappa shape index (κ3) is 5.51. The second-order valence-corrected chi connectivity index (χ2v) is 8.19. The van der Waals surface area contributed by atoms with Gasteiger partial charge in [0.1, 0.15) is 12.6 Å². The lowest BCUT2D eigenvalue weighted by Gasteiger charge is -2.25. The Morgan fingerprint density at radius 3 is 2.09 bits per heavy atom. The van der Waals surface area contributed by atoms with Crippen LogP contribution in [0.1, 0.15) is 37.3 Å². The van der Waals surface area contributed by atoms with Crippen LogP contribution in [-0.4, -0.2) is 55.5 Å². The normalized spacial score (nSPS) is 15.0. The zero-order chi connectivity index (χ0) is 24.0. The van der Waals surface area contributed by atoms with Crippen LogP contribution in [0.3, 0.4) is 0 Å². The fraction of sp³-hybridized carbons (Fsp3) is 0.400. The molecule has 0 bridgehead atoms. The largest absolute Gasteiger partial charge is 0.480 e. The minimum Gasteiger partial charge on any atom is -0.480 e. The van der Waals surface area contributed by atoms with Crippen molar-refractivity contribution in [2.24, 2.45) is 5.92 Å². The van der Waals surface area contributed by atoms with Crippen LogP contribution in [0, 0.1) is 5.92 Å². The number of aliphatic carboxylic acids is 1. The number of ether oxygens (including phenoxy) is 2. The average molecular weight is 455 g/mol. The van der Waals surface area contributed by atoms with E-state index in [1.54, 1.807) is 6.92 Å². The van der Waals surface area contributed by atoms with E-state index in [1.165, 1.54) is 7.11 Å². The molecule has 0 aliphatic heterocycles. The van der Waals surface area contributed by atoms with Gasteiger partial charge in [-0.3, -0.25) is 4.79 Å². The molecule has 0 saturated carbocycles. The molecule has 3 rings (SSSR count). The smallest absolute Gasteiger partial charge is 0.407 e. The van der Waals surface area contributed by atoms with Crippen molar-refractivity contribution in [2.75, 3.05) is 20.3 Å². The minimum atomic E-state index is -1.21. The molecule has 2 aromatic rings. The Kier molecular flexibility index (Phi) is 8.06. The number of carboxylic acids is 1. The van der Waals surface area contributed by atoms with Crippen LogP contribution in [-0.2, 0) is 19.1 Å². The van der Waals surface area contributed by atoms with Gasteiger partial charge in [-0.15, -0.1) is 0 Å². The van der Waals surface area contributed by atoms with Gasteiger partial charge in [0.05, 0.1) is 6.61 Å². The van der Waals surface area contributed by atoms with Crippen molar-refractivity contribution < 1.29 is 29.0 Å². The number of methoxy groups -OCH3 is 1. The Balaban J connectivity index is 1.68. The van der Waals surface area contributed by atoms with Crippen LogP contribution in [0.25, 0.3) is 11.1 Å². The number of carbonyl (C=O) groups is 3. The number of hydrogen-bond acceptors (Lipinski definition) is 5. The lowest BCUT2D eigenvalue weighted by atomic mass is 9.98. The molecule has 3 atom stereocenters.